The highest BCUT2D eigenvalue weighted by Crippen LogP contribution is 2.57. The molecule has 1 aromatic heterocycles. The van der Waals surface area contributed by atoms with Crippen LogP contribution in [0, 0.1) is 20.8 Å². The standard InChI is InChI=1S/C37H38N6O2S/c1-23-6-14-27(15-7-23)37(28-16-8-24(2)9-17-28,29-18-10-25(3)11-19-29)38-31-34(45)43-32(36(4,5)46-35(31)43)33-39-40-41-42(33)22-26-12-20-30(44)21-13-26/h6-21,31-32,35,38,44H,22H2,1-5H3/t31?,32?,35-/m1/s1. The number of carbonyl (C=O) groups is 1. The van der Waals surface area contributed by atoms with Gasteiger partial charge in [0.1, 0.15) is 23.2 Å². The molecule has 7 rings (SSSR count). The van der Waals surface area contributed by atoms with Crippen molar-refractivity contribution >= 4 is 17.7 Å². The third-order valence-electron chi connectivity index (χ3n) is 9.34. The zero-order valence-electron chi connectivity index (χ0n) is 26.7. The summed E-state index contributed by atoms with van der Waals surface area (Å²) in [5, 5.41) is 26.4. The van der Waals surface area contributed by atoms with E-state index in [4.69, 9.17) is 0 Å². The maximum absolute atomic E-state index is 14.4. The Morgan fingerprint density at radius 3 is 1.80 bits per heavy atom. The number of hydrogen-bond donors (Lipinski definition) is 2. The summed E-state index contributed by atoms with van der Waals surface area (Å²) in [6.07, 6.45) is 0. The Labute approximate surface area is 273 Å². The molecule has 2 aliphatic heterocycles. The molecule has 0 saturated carbocycles. The number of β-lactam (4-membered cyclic amide) rings is 1. The van der Waals surface area contributed by atoms with E-state index in [0.717, 1.165) is 22.3 Å². The number of nitrogens with one attached hydrogen (secondary N) is 1. The van der Waals surface area contributed by atoms with Gasteiger partial charge in [0.25, 0.3) is 0 Å². The number of amides is 1. The van der Waals surface area contributed by atoms with Crippen LogP contribution in [0.4, 0.5) is 0 Å². The molecule has 8 nitrogen and oxygen atoms in total. The Bertz CT molecular complexity index is 1760. The molecule has 2 fully saturated rings. The van der Waals surface area contributed by atoms with Gasteiger partial charge in [0.2, 0.25) is 5.91 Å². The first-order valence-electron chi connectivity index (χ1n) is 15.6. The summed E-state index contributed by atoms with van der Waals surface area (Å²) in [7, 11) is 0. The van der Waals surface area contributed by atoms with Crippen molar-refractivity contribution in [1.82, 2.24) is 30.4 Å². The minimum absolute atomic E-state index is 0.0305. The molecule has 9 heteroatoms. The number of aromatic nitrogens is 4. The van der Waals surface area contributed by atoms with Gasteiger partial charge < -0.3 is 10.0 Å². The number of phenolic OH excluding ortho intramolecular Hbond substituents is 1. The number of aromatic hydroxyl groups is 1. The zero-order chi connectivity index (χ0) is 32.2. The molecule has 2 saturated heterocycles. The van der Waals surface area contributed by atoms with Crippen LogP contribution < -0.4 is 5.32 Å². The van der Waals surface area contributed by atoms with Gasteiger partial charge in [0.05, 0.1) is 12.1 Å². The maximum Gasteiger partial charge on any atom is 0.244 e. The number of thioether (sulfide) groups is 1. The normalized spacial score (nSPS) is 20.4. The Balaban J connectivity index is 1.28. The molecule has 0 bridgehead atoms. The van der Waals surface area contributed by atoms with Gasteiger partial charge in [-0.2, -0.15) is 0 Å². The summed E-state index contributed by atoms with van der Waals surface area (Å²) in [6.45, 7) is 11.0. The molecule has 0 spiro atoms. The molecule has 5 aromatic rings. The predicted molar refractivity (Wildman–Crippen MR) is 180 cm³/mol. The topological polar surface area (TPSA) is 96.2 Å². The van der Waals surface area contributed by atoms with E-state index in [0.29, 0.717) is 12.4 Å². The molecule has 3 heterocycles. The lowest BCUT2D eigenvalue weighted by molar-refractivity contribution is -0.150. The molecule has 4 aromatic carbocycles. The molecule has 3 atom stereocenters. The van der Waals surface area contributed by atoms with Gasteiger partial charge in [-0.15, -0.1) is 16.9 Å². The van der Waals surface area contributed by atoms with Crippen molar-refractivity contribution in [3.63, 3.8) is 0 Å². The molecule has 234 valence electrons. The fourth-order valence-electron chi connectivity index (χ4n) is 6.85. The van der Waals surface area contributed by atoms with E-state index in [-0.39, 0.29) is 27.8 Å². The molecule has 0 aliphatic carbocycles. The number of aryl methyl sites for hydroxylation is 3. The number of rotatable bonds is 8. The van der Waals surface area contributed by atoms with E-state index in [2.05, 4.69) is 128 Å². The lowest BCUT2D eigenvalue weighted by Crippen LogP contribution is -2.70. The van der Waals surface area contributed by atoms with E-state index < -0.39 is 11.6 Å². The lowest BCUT2D eigenvalue weighted by atomic mass is 9.75. The summed E-state index contributed by atoms with van der Waals surface area (Å²) in [5.41, 5.74) is 6.95. The van der Waals surface area contributed by atoms with E-state index in [1.54, 1.807) is 28.6 Å². The highest BCUT2D eigenvalue weighted by molar-refractivity contribution is 8.01. The van der Waals surface area contributed by atoms with Crippen LogP contribution in [0.2, 0.25) is 0 Å². The first-order valence-corrected chi connectivity index (χ1v) is 16.5. The third kappa shape index (κ3) is 5.08. The van der Waals surface area contributed by atoms with Crippen molar-refractivity contribution in [2.24, 2.45) is 0 Å². The van der Waals surface area contributed by atoms with Crippen LogP contribution in [0.3, 0.4) is 0 Å². The van der Waals surface area contributed by atoms with Crippen molar-refractivity contribution in [3.05, 3.63) is 142 Å². The van der Waals surface area contributed by atoms with E-state index >= 15 is 0 Å². The highest BCUT2D eigenvalue weighted by atomic mass is 32.2. The largest absolute Gasteiger partial charge is 0.508 e. The van der Waals surface area contributed by atoms with Gasteiger partial charge in [-0.1, -0.05) is 102 Å². The van der Waals surface area contributed by atoms with Gasteiger partial charge in [0, 0.05) is 4.75 Å². The SMILES string of the molecule is Cc1ccc(C(NC2C(=O)N3C(c4nnnn4Cc4ccc(O)cc4)C(C)(C)S[C@H]23)(c2ccc(C)cc2)c2ccc(C)cc2)cc1. The Morgan fingerprint density at radius 1 is 0.804 bits per heavy atom. The number of fused-ring (bicyclic) bond motifs is 1. The Kier molecular flexibility index (Phi) is 7.48. The average Bonchev–Trinajstić information content (AvgIpc) is 3.59. The molecule has 2 aliphatic rings. The summed E-state index contributed by atoms with van der Waals surface area (Å²) in [5.74, 6) is 0.893. The fourth-order valence-corrected chi connectivity index (χ4v) is 8.48. The van der Waals surface area contributed by atoms with Gasteiger partial charge >= 0.3 is 0 Å². The smallest absolute Gasteiger partial charge is 0.244 e. The van der Waals surface area contributed by atoms with E-state index in [9.17, 15) is 9.90 Å². The fraction of sp³-hybridized carbons (Fsp3) is 0.297. The molecule has 2 unspecified atom stereocenters. The van der Waals surface area contributed by atoms with E-state index in [1.807, 2.05) is 17.0 Å². The first-order chi connectivity index (χ1) is 22.1. The summed E-state index contributed by atoms with van der Waals surface area (Å²) < 4.78 is 1.42. The number of nitrogens with zero attached hydrogens (tertiary/aromatic N) is 5. The van der Waals surface area contributed by atoms with Crippen molar-refractivity contribution in [2.45, 2.75) is 68.9 Å². The number of benzene rings is 4. The maximum atomic E-state index is 14.4. The lowest BCUT2D eigenvalue weighted by Gasteiger charge is -2.49. The van der Waals surface area contributed by atoms with Gasteiger partial charge in [-0.25, -0.2) is 4.68 Å². The molecular weight excluding hydrogens is 593 g/mol. The van der Waals surface area contributed by atoms with Crippen molar-refractivity contribution in [1.29, 1.82) is 0 Å². The minimum Gasteiger partial charge on any atom is -0.508 e. The minimum atomic E-state index is -0.773. The quantitative estimate of drug-likeness (QED) is 0.160. The average molecular weight is 631 g/mol. The van der Waals surface area contributed by atoms with Crippen molar-refractivity contribution in [2.75, 3.05) is 0 Å². The second-order valence-electron chi connectivity index (χ2n) is 13.1. The first kappa shape index (κ1) is 30.2. The van der Waals surface area contributed by atoms with Gasteiger partial charge in [0.15, 0.2) is 5.82 Å². The zero-order valence-corrected chi connectivity index (χ0v) is 27.5. The number of hydrogen-bond acceptors (Lipinski definition) is 7. The molecule has 0 radical (unpaired) electrons. The Morgan fingerprint density at radius 2 is 1.30 bits per heavy atom. The molecule has 46 heavy (non-hydrogen) atoms. The van der Waals surface area contributed by atoms with Crippen LogP contribution in [0.1, 0.15) is 64.7 Å². The number of tetrazole rings is 1. The predicted octanol–water partition coefficient (Wildman–Crippen LogP) is 6.04. The van der Waals surface area contributed by atoms with Gasteiger partial charge in [-0.3, -0.25) is 10.1 Å². The molecule has 2 N–H and O–H groups in total. The van der Waals surface area contributed by atoms with Crippen LogP contribution in [-0.4, -0.2) is 52.3 Å². The molecule has 1 amide bonds. The third-order valence-corrected chi connectivity index (χ3v) is 10.9. The number of carbonyl (C=O) groups excluding carboxylic acids is 1. The highest BCUT2D eigenvalue weighted by Gasteiger charge is 2.64. The Hall–Kier alpha value is -4.47. The van der Waals surface area contributed by atoms with Crippen LogP contribution in [0.5, 0.6) is 5.75 Å². The van der Waals surface area contributed by atoms with Crippen LogP contribution in [-0.2, 0) is 16.9 Å². The van der Waals surface area contributed by atoms with Crippen LogP contribution in [0.25, 0.3) is 0 Å². The van der Waals surface area contributed by atoms with Crippen LogP contribution in [0.15, 0.2) is 97.1 Å². The summed E-state index contributed by atoms with van der Waals surface area (Å²) >= 11 is 1.79. The second kappa shape index (κ2) is 11.4. The van der Waals surface area contributed by atoms with Crippen molar-refractivity contribution < 1.29 is 9.90 Å². The van der Waals surface area contributed by atoms with Crippen LogP contribution >= 0.6 is 11.8 Å². The second-order valence-corrected chi connectivity index (χ2v) is 14.9. The monoisotopic (exact) mass is 630 g/mol. The number of phenols is 1. The molecular formula is C37H38N6O2S. The summed E-state index contributed by atoms with van der Waals surface area (Å²) in [6, 6.07) is 32.2. The summed E-state index contributed by atoms with van der Waals surface area (Å²) in [4.78, 5) is 16.4. The van der Waals surface area contributed by atoms with Gasteiger partial charge in [-0.05, 0) is 79.4 Å². The van der Waals surface area contributed by atoms with E-state index in [1.165, 1.54) is 16.7 Å². The van der Waals surface area contributed by atoms with Crippen molar-refractivity contribution in [3.8, 4) is 5.75 Å².